The summed E-state index contributed by atoms with van der Waals surface area (Å²) in [6.07, 6.45) is 1.20. The molecule has 0 saturated carbocycles. The van der Waals surface area contributed by atoms with Gasteiger partial charge in [0.05, 0.1) is 0 Å². The van der Waals surface area contributed by atoms with E-state index in [0.717, 1.165) is 19.6 Å². The normalized spacial score (nSPS) is 19.9. The predicted octanol–water partition coefficient (Wildman–Crippen LogP) is 3.89. The number of aryl methyl sites for hydroxylation is 1. The topological polar surface area (TPSA) is 51.7 Å². The molecule has 4 rings (SSSR count). The number of halogens is 2. The fourth-order valence-corrected chi connectivity index (χ4v) is 4.32. The Labute approximate surface area is 174 Å². The van der Waals surface area contributed by atoms with Gasteiger partial charge in [-0.2, -0.15) is 0 Å². The Hall–Kier alpha value is -1.30. The molecule has 1 aliphatic heterocycles. The first-order chi connectivity index (χ1) is 11.7. The molecule has 3 aromatic rings. The van der Waals surface area contributed by atoms with Crippen molar-refractivity contribution in [1.82, 2.24) is 14.8 Å². The summed E-state index contributed by atoms with van der Waals surface area (Å²) in [6.45, 7) is 9.16. The highest BCUT2D eigenvalue weighted by atomic mass is 35.5. The molecule has 1 aliphatic rings. The van der Waals surface area contributed by atoms with Gasteiger partial charge in [-0.05, 0) is 38.9 Å². The number of aromatic nitrogens is 1. The van der Waals surface area contributed by atoms with Gasteiger partial charge in [-0.25, -0.2) is 0 Å². The van der Waals surface area contributed by atoms with E-state index >= 15 is 0 Å². The Bertz CT molecular complexity index is 788. The maximum Gasteiger partial charge on any atom is 0.0491 e. The standard InChI is InChI=1S/C21H27N3.2ClH.H2O/c1-16-14-23(15-17(2)22-16)12-7-13-24-20-10-5-3-8-18(20)19-9-4-6-11-21(19)24;;;/h3-6,8-11,16-17,22H,7,12-15H2,1-2H3;2*1H;1H2. The second kappa shape index (κ2) is 10.3. The predicted molar refractivity (Wildman–Crippen MR) is 121 cm³/mol. The smallest absolute Gasteiger partial charge is 0.0491 e. The van der Waals surface area contributed by atoms with Crippen LogP contribution in [0.3, 0.4) is 0 Å². The average molecular weight is 412 g/mol. The van der Waals surface area contributed by atoms with Gasteiger partial charge in [0.2, 0.25) is 0 Å². The number of nitrogens with zero attached hydrogens (tertiary/aromatic N) is 2. The zero-order valence-electron chi connectivity index (χ0n) is 16.0. The third-order valence-electron chi connectivity index (χ3n) is 5.17. The summed E-state index contributed by atoms with van der Waals surface area (Å²) in [6, 6.07) is 18.8. The summed E-state index contributed by atoms with van der Waals surface area (Å²) < 4.78 is 2.50. The van der Waals surface area contributed by atoms with E-state index in [9.17, 15) is 0 Å². The second-order valence-corrected chi connectivity index (χ2v) is 7.27. The van der Waals surface area contributed by atoms with E-state index in [0.29, 0.717) is 12.1 Å². The van der Waals surface area contributed by atoms with Gasteiger partial charge >= 0.3 is 0 Å². The third kappa shape index (κ3) is 4.95. The first-order valence-corrected chi connectivity index (χ1v) is 9.17. The summed E-state index contributed by atoms with van der Waals surface area (Å²) in [5.41, 5.74) is 2.72. The van der Waals surface area contributed by atoms with E-state index < -0.39 is 0 Å². The summed E-state index contributed by atoms with van der Waals surface area (Å²) in [4.78, 5) is 2.61. The molecule has 0 aliphatic carbocycles. The van der Waals surface area contributed by atoms with Crippen LogP contribution in [-0.2, 0) is 6.54 Å². The van der Waals surface area contributed by atoms with E-state index in [4.69, 9.17) is 0 Å². The van der Waals surface area contributed by atoms with Gasteiger partial charge in [0, 0.05) is 53.5 Å². The molecule has 1 saturated heterocycles. The van der Waals surface area contributed by atoms with Crippen molar-refractivity contribution >= 4 is 46.6 Å². The Morgan fingerprint density at radius 2 is 1.30 bits per heavy atom. The minimum absolute atomic E-state index is 0. The molecule has 0 bridgehead atoms. The van der Waals surface area contributed by atoms with Gasteiger partial charge in [0.1, 0.15) is 0 Å². The van der Waals surface area contributed by atoms with Crippen LogP contribution in [0.1, 0.15) is 20.3 Å². The van der Waals surface area contributed by atoms with Gasteiger partial charge in [-0.3, -0.25) is 0 Å². The number of para-hydroxylation sites is 2. The number of rotatable bonds is 4. The van der Waals surface area contributed by atoms with Gasteiger partial charge in [-0.15, -0.1) is 24.8 Å². The van der Waals surface area contributed by atoms with E-state index in [1.54, 1.807) is 0 Å². The molecule has 0 spiro atoms. The van der Waals surface area contributed by atoms with Crippen molar-refractivity contribution in [3.8, 4) is 0 Å². The zero-order chi connectivity index (χ0) is 16.5. The molecular weight excluding hydrogens is 381 g/mol. The lowest BCUT2D eigenvalue weighted by atomic mass is 10.1. The summed E-state index contributed by atoms with van der Waals surface area (Å²) >= 11 is 0. The molecule has 27 heavy (non-hydrogen) atoms. The maximum atomic E-state index is 3.61. The van der Waals surface area contributed by atoms with Crippen LogP contribution >= 0.6 is 24.8 Å². The molecule has 0 radical (unpaired) electrons. The largest absolute Gasteiger partial charge is 0.412 e. The molecule has 2 atom stereocenters. The van der Waals surface area contributed by atoms with Crippen molar-refractivity contribution in [3.63, 3.8) is 0 Å². The Balaban J connectivity index is 0.00000121. The third-order valence-corrected chi connectivity index (χ3v) is 5.17. The van der Waals surface area contributed by atoms with E-state index in [2.05, 4.69) is 77.2 Å². The molecule has 0 amide bonds. The highest BCUT2D eigenvalue weighted by molar-refractivity contribution is 6.07. The highest BCUT2D eigenvalue weighted by Crippen LogP contribution is 2.28. The number of benzene rings is 2. The van der Waals surface area contributed by atoms with Crippen LogP contribution in [-0.4, -0.2) is 46.7 Å². The van der Waals surface area contributed by atoms with E-state index in [-0.39, 0.29) is 30.3 Å². The monoisotopic (exact) mass is 411 g/mol. The molecule has 2 heterocycles. The van der Waals surface area contributed by atoms with E-state index in [1.165, 1.54) is 34.8 Å². The molecule has 2 aromatic carbocycles. The number of hydrogen-bond acceptors (Lipinski definition) is 2. The molecule has 3 N–H and O–H groups in total. The lowest BCUT2D eigenvalue weighted by molar-refractivity contribution is 0.170. The fourth-order valence-electron chi connectivity index (χ4n) is 4.32. The van der Waals surface area contributed by atoms with Crippen LogP contribution in [0.25, 0.3) is 21.8 Å². The number of hydrogen-bond donors (Lipinski definition) is 1. The fraction of sp³-hybridized carbons (Fsp3) is 0.429. The minimum Gasteiger partial charge on any atom is -0.412 e. The summed E-state index contributed by atoms with van der Waals surface area (Å²) in [5.74, 6) is 0. The molecular formula is C21H31Cl2N3O. The van der Waals surface area contributed by atoms with Crippen molar-refractivity contribution < 1.29 is 5.48 Å². The van der Waals surface area contributed by atoms with E-state index in [1.807, 2.05) is 0 Å². The number of nitrogens with one attached hydrogen (secondary N) is 1. The maximum absolute atomic E-state index is 3.61. The van der Waals surface area contributed by atoms with Crippen molar-refractivity contribution in [1.29, 1.82) is 0 Å². The van der Waals surface area contributed by atoms with Crippen LogP contribution in [0.5, 0.6) is 0 Å². The SMILES string of the molecule is CC1CN(CCCn2c3ccccc3c3ccccc32)CC(C)N1.Cl.Cl.O. The molecule has 6 heteroatoms. The van der Waals surface area contributed by atoms with Crippen LogP contribution in [0, 0.1) is 0 Å². The molecule has 1 fully saturated rings. The van der Waals surface area contributed by atoms with Gasteiger partial charge < -0.3 is 20.3 Å². The van der Waals surface area contributed by atoms with Crippen LogP contribution in [0.4, 0.5) is 0 Å². The minimum atomic E-state index is 0. The van der Waals surface area contributed by atoms with Gasteiger partial charge in [0.25, 0.3) is 0 Å². The van der Waals surface area contributed by atoms with Crippen molar-refractivity contribution in [2.45, 2.75) is 38.9 Å². The molecule has 1 aromatic heterocycles. The van der Waals surface area contributed by atoms with Crippen molar-refractivity contribution in [3.05, 3.63) is 48.5 Å². The highest BCUT2D eigenvalue weighted by Gasteiger charge is 2.20. The van der Waals surface area contributed by atoms with Crippen LogP contribution in [0.15, 0.2) is 48.5 Å². The lowest BCUT2D eigenvalue weighted by Crippen LogP contribution is -2.54. The van der Waals surface area contributed by atoms with Gasteiger partial charge in [-0.1, -0.05) is 36.4 Å². The van der Waals surface area contributed by atoms with Gasteiger partial charge in [0.15, 0.2) is 0 Å². The first kappa shape index (κ1) is 23.7. The number of fused-ring (bicyclic) bond motifs is 3. The van der Waals surface area contributed by atoms with Crippen molar-refractivity contribution in [2.24, 2.45) is 0 Å². The zero-order valence-corrected chi connectivity index (χ0v) is 17.7. The Morgan fingerprint density at radius 1 is 0.815 bits per heavy atom. The van der Waals surface area contributed by atoms with Crippen molar-refractivity contribution in [2.75, 3.05) is 19.6 Å². The summed E-state index contributed by atoms with van der Waals surface area (Å²) in [7, 11) is 0. The first-order valence-electron chi connectivity index (χ1n) is 9.17. The lowest BCUT2D eigenvalue weighted by Gasteiger charge is -2.36. The average Bonchev–Trinajstić information content (AvgIpc) is 2.89. The summed E-state index contributed by atoms with van der Waals surface area (Å²) in [5, 5.41) is 6.36. The quantitative estimate of drug-likeness (QED) is 0.707. The Kier molecular flexibility index (Phi) is 9.06. The molecule has 2 unspecified atom stereocenters. The molecule has 150 valence electrons. The molecule has 4 nitrogen and oxygen atoms in total. The second-order valence-electron chi connectivity index (χ2n) is 7.27. The van der Waals surface area contributed by atoms with Crippen LogP contribution < -0.4 is 5.32 Å². The number of piperazine rings is 1. The Morgan fingerprint density at radius 3 is 1.81 bits per heavy atom. The van der Waals surface area contributed by atoms with Crippen LogP contribution in [0.2, 0.25) is 0 Å².